The molecule has 2 aliphatic heterocycles. The monoisotopic (exact) mass is 544 g/mol. The van der Waals surface area contributed by atoms with E-state index in [1.54, 1.807) is 25.9 Å². The first-order chi connectivity index (χ1) is 18.7. The highest BCUT2D eigenvalue weighted by molar-refractivity contribution is 6.04. The molecule has 216 valence electrons. The summed E-state index contributed by atoms with van der Waals surface area (Å²) in [4.78, 5) is 43.8. The minimum Gasteiger partial charge on any atom is -0.476 e. The van der Waals surface area contributed by atoms with Crippen molar-refractivity contribution in [1.82, 2.24) is 10.6 Å². The Morgan fingerprint density at radius 3 is 2.69 bits per heavy atom. The number of hydrogen-bond acceptors (Lipinski definition) is 7. The van der Waals surface area contributed by atoms with E-state index in [-0.39, 0.29) is 41.6 Å². The van der Waals surface area contributed by atoms with Crippen molar-refractivity contribution in [1.29, 1.82) is 0 Å². The van der Waals surface area contributed by atoms with Crippen molar-refractivity contribution in [2.75, 3.05) is 56.4 Å². The molecule has 10 nitrogen and oxygen atoms in total. The predicted octanol–water partition coefficient (Wildman–Crippen LogP) is 2.49. The SMILES string of the molecule is CCOC[C@H](C)NC(=O)C1CNCC(C(=O)N(c2ccc3c(c2)N(CCCOC)C(=O)C(C)(C)O3)C2CC2)C1. The number of carbonyl (C=O) groups is 3. The van der Waals surface area contributed by atoms with Crippen molar-refractivity contribution < 1.29 is 28.6 Å². The number of benzene rings is 1. The van der Waals surface area contributed by atoms with Crippen molar-refractivity contribution in [3.05, 3.63) is 18.2 Å². The molecule has 2 unspecified atom stereocenters. The van der Waals surface area contributed by atoms with Crippen molar-refractivity contribution in [2.24, 2.45) is 11.8 Å². The molecule has 0 spiro atoms. The Hall–Kier alpha value is -2.69. The maximum atomic E-state index is 13.9. The van der Waals surface area contributed by atoms with Crippen molar-refractivity contribution in [2.45, 2.75) is 71.1 Å². The van der Waals surface area contributed by atoms with Crippen LogP contribution in [0.5, 0.6) is 5.75 Å². The van der Waals surface area contributed by atoms with Crippen LogP contribution in [0.1, 0.15) is 53.4 Å². The van der Waals surface area contributed by atoms with Crippen LogP contribution in [0.4, 0.5) is 11.4 Å². The highest BCUT2D eigenvalue weighted by atomic mass is 16.5. The van der Waals surface area contributed by atoms with Gasteiger partial charge >= 0.3 is 0 Å². The maximum absolute atomic E-state index is 13.9. The Balaban J connectivity index is 1.52. The summed E-state index contributed by atoms with van der Waals surface area (Å²) in [6.07, 6.45) is 3.05. The van der Waals surface area contributed by atoms with Gasteiger partial charge in [0.05, 0.1) is 24.1 Å². The van der Waals surface area contributed by atoms with Crippen LogP contribution in [0.15, 0.2) is 18.2 Å². The fraction of sp³-hybridized carbons (Fsp3) is 0.690. The third-order valence-corrected chi connectivity index (χ3v) is 7.55. The van der Waals surface area contributed by atoms with E-state index in [0.717, 1.165) is 18.5 Å². The van der Waals surface area contributed by atoms with E-state index in [2.05, 4.69) is 10.6 Å². The molecule has 1 aromatic rings. The Morgan fingerprint density at radius 1 is 1.26 bits per heavy atom. The number of ether oxygens (including phenoxy) is 3. The first-order valence-electron chi connectivity index (χ1n) is 14.2. The standard InChI is InChI=1S/C29H44N4O6/c1-6-38-18-19(2)31-26(34)20-14-21(17-30-16-20)27(35)33(22-8-9-22)23-10-11-25-24(15-23)32(12-7-13-37-5)28(36)29(3,4)39-25/h10-11,15,19-22,30H,6-9,12-14,16-18H2,1-5H3,(H,31,34)/t19-,20?,21?/m0/s1. The van der Waals surface area contributed by atoms with Crippen molar-refractivity contribution in [3.63, 3.8) is 0 Å². The zero-order chi connectivity index (χ0) is 28.2. The molecule has 3 atom stereocenters. The fourth-order valence-electron chi connectivity index (χ4n) is 5.37. The molecule has 39 heavy (non-hydrogen) atoms. The Labute approximate surface area is 231 Å². The van der Waals surface area contributed by atoms with E-state index in [1.807, 2.05) is 36.9 Å². The van der Waals surface area contributed by atoms with Crippen LogP contribution in [-0.2, 0) is 23.9 Å². The zero-order valence-corrected chi connectivity index (χ0v) is 24.0. The lowest BCUT2D eigenvalue weighted by atomic mass is 9.88. The second kappa shape index (κ2) is 12.7. The van der Waals surface area contributed by atoms with Crippen molar-refractivity contribution >= 4 is 29.1 Å². The molecule has 0 aromatic heterocycles. The number of carbonyl (C=O) groups excluding carboxylic acids is 3. The van der Waals surface area contributed by atoms with Gasteiger partial charge < -0.3 is 34.6 Å². The lowest BCUT2D eigenvalue weighted by Crippen LogP contribution is -2.53. The van der Waals surface area contributed by atoms with Crippen LogP contribution in [0.2, 0.25) is 0 Å². The average Bonchev–Trinajstić information content (AvgIpc) is 3.75. The number of piperidine rings is 1. The normalized spacial score (nSPS) is 23.0. The third kappa shape index (κ3) is 6.91. The van der Waals surface area contributed by atoms with Gasteiger partial charge in [0.15, 0.2) is 5.60 Å². The number of methoxy groups -OCH3 is 1. The first kappa shape index (κ1) is 29.3. The van der Waals surface area contributed by atoms with Crippen molar-refractivity contribution in [3.8, 4) is 5.75 Å². The van der Waals surface area contributed by atoms with E-state index < -0.39 is 5.60 Å². The molecule has 3 aliphatic rings. The van der Waals surface area contributed by atoms with Crippen LogP contribution in [-0.4, -0.2) is 82.0 Å². The highest BCUT2D eigenvalue weighted by Crippen LogP contribution is 2.43. The number of hydrogen-bond donors (Lipinski definition) is 2. The Kier molecular flexibility index (Phi) is 9.51. The van der Waals surface area contributed by atoms with Crippen LogP contribution < -0.4 is 25.2 Å². The topological polar surface area (TPSA) is 109 Å². The molecule has 2 N–H and O–H groups in total. The van der Waals surface area contributed by atoms with Gasteiger partial charge in [0, 0.05) is 57.7 Å². The van der Waals surface area contributed by atoms with Gasteiger partial charge in [0.2, 0.25) is 11.8 Å². The van der Waals surface area contributed by atoms with Gasteiger partial charge in [0.1, 0.15) is 5.75 Å². The van der Waals surface area contributed by atoms with E-state index in [4.69, 9.17) is 14.2 Å². The Bertz CT molecular complexity index is 1040. The number of amides is 3. The van der Waals surface area contributed by atoms with Gasteiger partial charge in [-0.05, 0) is 71.6 Å². The number of fused-ring (bicyclic) bond motifs is 1. The molecular formula is C29H44N4O6. The summed E-state index contributed by atoms with van der Waals surface area (Å²) in [5.74, 6) is -0.130. The summed E-state index contributed by atoms with van der Waals surface area (Å²) in [6, 6.07) is 5.70. The summed E-state index contributed by atoms with van der Waals surface area (Å²) in [5.41, 5.74) is 0.455. The average molecular weight is 545 g/mol. The summed E-state index contributed by atoms with van der Waals surface area (Å²) in [5, 5.41) is 6.33. The molecule has 1 saturated heterocycles. The smallest absolute Gasteiger partial charge is 0.270 e. The molecule has 1 aliphatic carbocycles. The molecule has 2 fully saturated rings. The van der Waals surface area contributed by atoms with E-state index in [0.29, 0.717) is 63.7 Å². The van der Waals surface area contributed by atoms with Gasteiger partial charge in [-0.3, -0.25) is 14.4 Å². The summed E-state index contributed by atoms with van der Waals surface area (Å²) in [7, 11) is 1.64. The summed E-state index contributed by atoms with van der Waals surface area (Å²) < 4.78 is 16.7. The molecule has 1 saturated carbocycles. The third-order valence-electron chi connectivity index (χ3n) is 7.55. The van der Waals surface area contributed by atoms with E-state index in [1.165, 1.54) is 0 Å². The molecule has 0 radical (unpaired) electrons. The van der Waals surface area contributed by atoms with Gasteiger partial charge in [0.25, 0.3) is 5.91 Å². The minimum atomic E-state index is -0.975. The summed E-state index contributed by atoms with van der Waals surface area (Å²) in [6.45, 7) is 10.6. The predicted molar refractivity (Wildman–Crippen MR) is 149 cm³/mol. The lowest BCUT2D eigenvalue weighted by Gasteiger charge is -2.39. The van der Waals surface area contributed by atoms with E-state index >= 15 is 0 Å². The van der Waals surface area contributed by atoms with Gasteiger partial charge in [-0.15, -0.1) is 0 Å². The zero-order valence-electron chi connectivity index (χ0n) is 24.0. The molecule has 2 heterocycles. The largest absolute Gasteiger partial charge is 0.476 e. The van der Waals surface area contributed by atoms with Crippen LogP contribution in [0, 0.1) is 11.8 Å². The second-order valence-corrected chi connectivity index (χ2v) is 11.4. The number of rotatable bonds is 12. The van der Waals surface area contributed by atoms with E-state index in [9.17, 15) is 14.4 Å². The maximum Gasteiger partial charge on any atom is 0.270 e. The molecule has 0 bridgehead atoms. The lowest BCUT2D eigenvalue weighted by molar-refractivity contribution is -0.132. The highest BCUT2D eigenvalue weighted by Gasteiger charge is 2.43. The number of nitrogens with one attached hydrogen (secondary N) is 2. The molecule has 1 aromatic carbocycles. The minimum absolute atomic E-state index is 0.0131. The van der Waals surface area contributed by atoms with Crippen LogP contribution in [0.3, 0.4) is 0 Å². The molecular weight excluding hydrogens is 500 g/mol. The van der Waals surface area contributed by atoms with Crippen LogP contribution in [0.25, 0.3) is 0 Å². The molecule has 10 heteroatoms. The first-order valence-corrected chi connectivity index (χ1v) is 14.2. The van der Waals surface area contributed by atoms with Gasteiger partial charge in [-0.25, -0.2) is 0 Å². The molecule has 4 rings (SSSR count). The number of anilines is 2. The summed E-state index contributed by atoms with van der Waals surface area (Å²) >= 11 is 0. The fourth-order valence-corrected chi connectivity index (χ4v) is 5.37. The second-order valence-electron chi connectivity index (χ2n) is 11.4. The molecule has 3 amide bonds. The van der Waals surface area contributed by atoms with Crippen LogP contribution >= 0.6 is 0 Å². The Morgan fingerprint density at radius 2 is 2.00 bits per heavy atom. The quantitative estimate of drug-likeness (QED) is 0.389. The number of nitrogens with zero attached hydrogens (tertiary/aromatic N) is 2. The van der Waals surface area contributed by atoms with Gasteiger partial charge in [-0.2, -0.15) is 0 Å². The van der Waals surface area contributed by atoms with Gasteiger partial charge in [-0.1, -0.05) is 0 Å².